The van der Waals surface area contributed by atoms with Gasteiger partial charge in [0.05, 0.1) is 0 Å². The van der Waals surface area contributed by atoms with Gasteiger partial charge in [0, 0.05) is 6.54 Å². The number of rotatable bonds is 6. The molecule has 0 saturated heterocycles. The zero-order valence-electron chi connectivity index (χ0n) is 8.92. The molecular formula is C10H12F2INO2S. The third-order valence-electron chi connectivity index (χ3n) is 2.04. The normalized spacial score (nSPS) is 11.7. The zero-order chi connectivity index (χ0) is 12.9. The molecule has 3 nitrogen and oxygen atoms in total. The van der Waals surface area contributed by atoms with Crippen molar-refractivity contribution in [3.05, 3.63) is 29.8 Å². The molecule has 0 heterocycles. The molecule has 0 spiro atoms. The third-order valence-corrected chi connectivity index (χ3v) is 4.27. The maximum Gasteiger partial charge on any atom is 0.243 e. The van der Waals surface area contributed by atoms with Gasteiger partial charge in [0.2, 0.25) is 10.0 Å². The van der Waals surface area contributed by atoms with Crippen LogP contribution in [0.2, 0.25) is 0 Å². The molecule has 0 radical (unpaired) electrons. The summed E-state index contributed by atoms with van der Waals surface area (Å²) in [5.74, 6) is -1.73. The van der Waals surface area contributed by atoms with Gasteiger partial charge in [-0.15, -0.1) is 0 Å². The fourth-order valence-corrected chi connectivity index (χ4v) is 2.89. The molecule has 1 rings (SSSR count). The Labute approximate surface area is 113 Å². The van der Waals surface area contributed by atoms with Crippen LogP contribution in [0.1, 0.15) is 12.8 Å². The van der Waals surface area contributed by atoms with Crippen LogP contribution in [0.4, 0.5) is 8.78 Å². The summed E-state index contributed by atoms with van der Waals surface area (Å²) in [4.78, 5) is -0.646. The predicted molar refractivity (Wildman–Crippen MR) is 69.7 cm³/mol. The maximum absolute atomic E-state index is 13.3. The summed E-state index contributed by atoms with van der Waals surface area (Å²) in [5, 5.41) is 0. The standard InChI is InChI=1S/C10H12F2INO2S/c11-8-3-4-9(12)10(7-8)17(15,16)14-6-2-1-5-13/h3-4,7,14H,1-2,5-6H2. The van der Waals surface area contributed by atoms with Crippen molar-refractivity contribution in [2.24, 2.45) is 0 Å². The molecule has 1 N–H and O–H groups in total. The smallest absolute Gasteiger partial charge is 0.211 e. The van der Waals surface area contributed by atoms with E-state index in [9.17, 15) is 17.2 Å². The lowest BCUT2D eigenvalue weighted by atomic mass is 10.3. The van der Waals surface area contributed by atoms with Gasteiger partial charge in [0.15, 0.2) is 0 Å². The quantitative estimate of drug-likeness (QED) is 0.472. The average molecular weight is 375 g/mol. The van der Waals surface area contributed by atoms with Crippen LogP contribution in [0.25, 0.3) is 0 Å². The number of benzene rings is 1. The SMILES string of the molecule is O=S(=O)(NCCCCI)c1cc(F)ccc1F. The van der Waals surface area contributed by atoms with E-state index in [0.717, 1.165) is 23.0 Å². The molecule has 0 aliphatic rings. The van der Waals surface area contributed by atoms with E-state index in [-0.39, 0.29) is 6.54 Å². The Balaban J connectivity index is 2.79. The molecular weight excluding hydrogens is 363 g/mol. The number of sulfonamides is 1. The van der Waals surface area contributed by atoms with Crippen LogP contribution >= 0.6 is 22.6 Å². The van der Waals surface area contributed by atoms with Crippen molar-refractivity contribution in [1.29, 1.82) is 0 Å². The van der Waals surface area contributed by atoms with Crippen LogP contribution in [-0.4, -0.2) is 19.4 Å². The Morgan fingerprint density at radius 3 is 2.59 bits per heavy atom. The fraction of sp³-hybridized carbons (Fsp3) is 0.400. The Hall–Kier alpha value is -0.280. The maximum atomic E-state index is 13.3. The van der Waals surface area contributed by atoms with E-state index in [1.54, 1.807) is 0 Å². The summed E-state index contributed by atoms with van der Waals surface area (Å²) in [6.07, 6.45) is 1.54. The molecule has 1 aromatic carbocycles. The van der Waals surface area contributed by atoms with Gasteiger partial charge < -0.3 is 0 Å². The number of nitrogens with one attached hydrogen (secondary N) is 1. The summed E-state index contributed by atoms with van der Waals surface area (Å²) < 4.78 is 52.6. The van der Waals surface area contributed by atoms with Crippen molar-refractivity contribution in [1.82, 2.24) is 4.72 Å². The van der Waals surface area contributed by atoms with Gasteiger partial charge in [0.1, 0.15) is 16.5 Å². The summed E-state index contributed by atoms with van der Waals surface area (Å²) in [7, 11) is -3.96. The Kier molecular flexibility index (Phi) is 5.74. The number of halogens is 3. The Morgan fingerprint density at radius 2 is 1.94 bits per heavy atom. The number of alkyl halides is 1. The summed E-state index contributed by atoms with van der Waals surface area (Å²) in [6, 6.07) is 2.36. The Bertz CT molecular complexity index is 479. The van der Waals surface area contributed by atoms with Crippen molar-refractivity contribution < 1.29 is 17.2 Å². The minimum absolute atomic E-state index is 0.224. The van der Waals surface area contributed by atoms with E-state index in [0.29, 0.717) is 12.5 Å². The van der Waals surface area contributed by atoms with Gasteiger partial charge in [-0.25, -0.2) is 21.9 Å². The van der Waals surface area contributed by atoms with E-state index in [1.165, 1.54) is 0 Å². The van der Waals surface area contributed by atoms with E-state index >= 15 is 0 Å². The van der Waals surface area contributed by atoms with Gasteiger partial charge >= 0.3 is 0 Å². The fourth-order valence-electron chi connectivity index (χ4n) is 1.19. The summed E-state index contributed by atoms with van der Waals surface area (Å²) in [6.45, 7) is 0.224. The zero-order valence-corrected chi connectivity index (χ0v) is 11.9. The minimum atomic E-state index is -3.96. The first-order chi connectivity index (χ1) is 7.97. The van der Waals surface area contributed by atoms with Crippen LogP contribution in [-0.2, 0) is 10.0 Å². The van der Waals surface area contributed by atoms with E-state index < -0.39 is 26.6 Å². The highest BCUT2D eigenvalue weighted by atomic mass is 127. The van der Waals surface area contributed by atoms with Gasteiger partial charge in [-0.2, -0.15) is 0 Å². The van der Waals surface area contributed by atoms with E-state index in [4.69, 9.17) is 0 Å². The lowest BCUT2D eigenvalue weighted by Crippen LogP contribution is -2.25. The van der Waals surface area contributed by atoms with E-state index in [2.05, 4.69) is 27.3 Å². The van der Waals surface area contributed by atoms with Crippen molar-refractivity contribution in [2.45, 2.75) is 17.7 Å². The highest BCUT2D eigenvalue weighted by molar-refractivity contribution is 14.1. The predicted octanol–water partition coefficient (Wildman–Crippen LogP) is 2.46. The van der Waals surface area contributed by atoms with Crippen LogP contribution in [0, 0.1) is 11.6 Å². The average Bonchev–Trinajstić information content (AvgIpc) is 2.28. The largest absolute Gasteiger partial charge is 0.243 e. The molecule has 0 aliphatic heterocycles. The minimum Gasteiger partial charge on any atom is -0.211 e. The first kappa shape index (κ1) is 14.8. The highest BCUT2D eigenvalue weighted by Gasteiger charge is 2.19. The Morgan fingerprint density at radius 1 is 1.24 bits per heavy atom. The van der Waals surface area contributed by atoms with Crippen LogP contribution in [0.15, 0.2) is 23.1 Å². The van der Waals surface area contributed by atoms with Gasteiger partial charge in [0.25, 0.3) is 0 Å². The second kappa shape index (κ2) is 6.60. The number of hydrogen-bond acceptors (Lipinski definition) is 2. The highest BCUT2D eigenvalue weighted by Crippen LogP contribution is 2.15. The summed E-state index contributed by atoms with van der Waals surface area (Å²) >= 11 is 2.18. The first-order valence-electron chi connectivity index (χ1n) is 4.98. The van der Waals surface area contributed by atoms with Crippen LogP contribution in [0.5, 0.6) is 0 Å². The monoisotopic (exact) mass is 375 g/mol. The molecule has 7 heteroatoms. The van der Waals surface area contributed by atoms with E-state index in [1.807, 2.05) is 0 Å². The van der Waals surface area contributed by atoms with Gasteiger partial charge in [-0.1, -0.05) is 22.6 Å². The van der Waals surface area contributed by atoms with Crippen LogP contribution in [0.3, 0.4) is 0 Å². The molecule has 0 saturated carbocycles. The molecule has 0 atom stereocenters. The molecule has 0 fully saturated rings. The molecule has 96 valence electrons. The number of unbranched alkanes of at least 4 members (excludes halogenated alkanes) is 1. The third kappa shape index (κ3) is 4.47. The second-order valence-electron chi connectivity index (χ2n) is 3.37. The topological polar surface area (TPSA) is 46.2 Å². The summed E-state index contributed by atoms with van der Waals surface area (Å²) in [5.41, 5.74) is 0. The van der Waals surface area contributed by atoms with Crippen molar-refractivity contribution in [3.63, 3.8) is 0 Å². The van der Waals surface area contributed by atoms with Crippen molar-refractivity contribution >= 4 is 32.6 Å². The molecule has 1 aromatic rings. The van der Waals surface area contributed by atoms with Crippen molar-refractivity contribution in [2.75, 3.05) is 11.0 Å². The number of hydrogen-bond donors (Lipinski definition) is 1. The molecule has 0 aromatic heterocycles. The molecule has 0 bridgehead atoms. The van der Waals surface area contributed by atoms with Crippen molar-refractivity contribution in [3.8, 4) is 0 Å². The van der Waals surface area contributed by atoms with Gasteiger partial charge in [-0.3, -0.25) is 0 Å². The van der Waals surface area contributed by atoms with Crippen LogP contribution < -0.4 is 4.72 Å². The second-order valence-corrected chi connectivity index (χ2v) is 6.18. The molecule has 0 unspecified atom stereocenters. The lowest BCUT2D eigenvalue weighted by molar-refractivity contribution is 0.544. The lowest BCUT2D eigenvalue weighted by Gasteiger charge is -2.07. The molecule has 0 aliphatic carbocycles. The molecule has 0 amide bonds. The molecule has 17 heavy (non-hydrogen) atoms. The first-order valence-corrected chi connectivity index (χ1v) is 7.99. The van der Waals surface area contributed by atoms with Gasteiger partial charge in [-0.05, 0) is 35.5 Å².